The summed E-state index contributed by atoms with van der Waals surface area (Å²) in [6.07, 6.45) is 1.35. The maximum absolute atomic E-state index is 12.9. The number of oxime groups is 1. The molecule has 1 amide bonds. The Hall–Kier alpha value is -2.21. The maximum atomic E-state index is 12.9. The van der Waals surface area contributed by atoms with E-state index in [-0.39, 0.29) is 18.3 Å². The maximum Gasteiger partial charge on any atom is 0.265 e. The molecule has 0 unspecified atom stereocenters. The molecule has 2 aromatic rings. The van der Waals surface area contributed by atoms with Crippen molar-refractivity contribution < 1.29 is 14.0 Å². The minimum absolute atomic E-state index is 0.221. The molecule has 2 rings (SSSR count). The zero-order valence-electron chi connectivity index (χ0n) is 11.8. The summed E-state index contributed by atoms with van der Waals surface area (Å²) in [4.78, 5) is 16.6. The van der Waals surface area contributed by atoms with Crippen molar-refractivity contribution in [3.63, 3.8) is 0 Å². The van der Waals surface area contributed by atoms with Crippen LogP contribution in [0.2, 0.25) is 0 Å². The molecular formula is C16H14BrFN2O2. The summed E-state index contributed by atoms with van der Waals surface area (Å²) in [6.45, 7) is 1.67. The second-order valence-corrected chi connectivity index (χ2v) is 5.49. The number of hydrogen-bond donors (Lipinski definition) is 1. The number of nitrogens with one attached hydrogen (secondary N) is 1. The number of hydrogen-bond acceptors (Lipinski definition) is 3. The lowest BCUT2D eigenvalue weighted by atomic mass is 10.2. The van der Waals surface area contributed by atoms with Crippen molar-refractivity contribution in [2.24, 2.45) is 5.16 Å². The molecule has 0 saturated carbocycles. The smallest absolute Gasteiger partial charge is 0.265 e. The van der Waals surface area contributed by atoms with Crippen LogP contribution < -0.4 is 5.32 Å². The fourth-order valence-corrected chi connectivity index (χ4v) is 2.21. The van der Waals surface area contributed by atoms with E-state index in [0.717, 1.165) is 10.0 Å². The van der Waals surface area contributed by atoms with Crippen LogP contribution in [0.3, 0.4) is 0 Å². The highest BCUT2D eigenvalue weighted by Gasteiger charge is 2.05. The van der Waals surface area contributed by atoms with Crippen LogP contribution in [0.25, 0.3) is 0 Å². The molecule has 4 nitrogen and oxygen atoms in total. The number of anilines is 1. The first-order chi connectivity index (χ1) is 10.5. The highest BCUT2D eigenvalue weighted by atomic mass is 79.9. The molecule has 0 saturated heterocycles. The first-order valence-electron chi connectivity index (χ1n) is 6.51. The zero-order valence-corrected chi connectivity index (χ0v) is 13.4. The Balaban J connectivity index is 1.83. The molecule has 0 atom stereocenters. The highest BCUT2D eigenvalue weighted by Crippen LogP contribution is 2.19. The number of aryl methyl sites for hydroxylation is 1. The second kappa shape index (κ2) is 7.70. The fourth-order valence-electron chi connectivity index (χ4n) is 1.73. The van der Waals surface area contributed by atoms with Gasteiger partial charge in [0.25, 0.3) is 5.91 Å². The van der Waals surface area contributed by atoms with Crippen LogP contribution in [0.4, 0.5) is 10.1 Å². The molecule has 0 aliphatic carbocycles. The molecule has 114 valence electrons. The summed E-state index contributed by atoms with van der Waals surface area (Å²) in [5.74, 6) is -0.672. The quantitative estimate of drug-likeness (QED) is 0.646. The van der Waals surface area contributed by atoms with Gasteiger partial charge in [0.05, 0.1) is 6.21 Å². The third-order valence-corrected chi connectivity index (χ3v) is 3.28. The number of amides is 1. The third kappa shape index (κ3) is 4.96. The van der Waals surface area contributed by atoms with E-state index in [4.69, 9.17) is 4.84 Å². The molecule has 22 heavy (non-hydrogen) atoms. The van der Waals surface area contributed by atoms with Crippen LogP contribution in [0.15, 0.2) is 52.1 Å². The van der Waals surface area contributed by atoms with Gasteiger partial charge in [-0.2, -0.15) is 0 Å². The molecule has 6 heteroatoms. The van der Waals surface area contributed by atoms with Crippen molar-refractivity contribution in [3.8, 4) is 0 Å². The van der Waals surface area contributed by atoms with E-state index in [2.05, 4.69) is 26.4 Å². The van der Waals surface area contributed by atoms with Gasteiger partial charge in [-0.15, -0.1) is 0 Å². The molecule has 1 N–H and O–H groups in total. The van der Waals surface area contributed by atoms with Crippen LogP contribution in [-0.2, 0) is 9.63 Å². The first kappa shape index (κ1) is 16.2. The first-order valence-corrected chi connectivity index (χ1v) is 7.31. The van der Waals surface area contributed by atoms with Crippen LogP contribution >= 0.6 is 15.9 Å². The fraction of sp³-hybridized carbons (Fsp3) is 0.125. The largest absolute Gasteiger partial charge is 0.386 e. The lowest BCUT2D eigenvalue weighted by Gasteiger charge is -2.07. The van der Waals surface area contributed by atoms with Crippen molar-refractivity contribution in [3.05, 3.63) is 63.9 Å². The molecule has 0 radical (unpaired) electrons. The number of carbonyl (C=O) groups excluding carboxylic acids is 1. The number of benzene rings is 2. The summed E-state index contributed by atoms with van der Waals surface area (Å²) < 4.78 is 13.9. The van der Waals surface area contributed by atoms with E-state index in [1.807, 2.05) is 19.1 Å². The molecule has 0 aliphatic rings. The van der Waals surface area contributed by atoms with Crippen LogP contribution in [0.5, 0.6) is 0 Å². The van der Waals surface area contributed by atoms with Gasteiger partial charge in [0.2, 0.25) is 0 Å². The van der Waals surface area contributed by atoms with E-state index in [1.165, 1.54) is 18.3 Å². The second-order valence-electron chi connectivity index (χ2n) is 4.57. The Bertz CT molecular complexity index is 704. The standard InChI is InChI=1S/C16H14BrFN2O2/c1-11-7-13(17)5-6-15(11)20-16(21)10-22-19-9-12-3-2-4-14(18)8-12/h2-9H,10H2,1H3,(H,20,21)/b19-9-. The van der Waals surface area contributed by atoms with Crippen molar-refractivity contribution in [2.45, 2.75) is 6.92 Å². The Morgan fingerprint density at radius 2 is 2.18 bits per heavy atom. The minimum atomic E-state index is -0.354. The summed E-state index contributed by atoms with van der Waals surface area (Å²) in [6, 6.07) is 11.4. The van der Waals surface area contributed by atoms with Crippen LogP contribution in [0, 0.1) is 12.7 Å². The molecule has 2 aromatic carbocycles. The Morgan fingerprint density at radius 1 is 1.36 bits per heavy atom. The zero-order chi connectivity index (χ0) is 15.9. The van der Waals surface area contributed by atoms with E-state index in [1.54, 1.807) is 18.2 Å². The normalized spacial score (nSPS) is 10.7. The van der Waals surface area contributed by atoms with E-state index in [9.17, 15) is 9.18 Å². The van der Waals surface area contributed by atoms with Gasteiger partial charge in [-0.25, -0.2) is 4.39 Å². The van der Waals surface area contributed by atoms with Gasteiger partial charge in [0, 0.05) is 10.2 Å². The van der Waals surface area contributed by atoms with Crippen molar-refractivity contribution in [2.75, 3.05) is 11.9 Å². The number of halogens is 2. The minimum Gasteiger partial charge on any atom is -0.386 e. The number of nitrogens with zero attached hydrogens (tertiary/aromatic N) is 1. The van der Waals surface area contributed by atoms with E-state index in [0.29, 0.717) is 11.3 Å². The van der Waals surface area contributed by atoms with Gasteiger partial charge in [-0.3, -0.25) is 4.79 Å². The molecular weight excluding hydrogens is 351 g/mol. The van der Waals surface area contributed by atoms with Gasteiger partial charge in [-0.05, 0) is 48.4 Å². The number of rotatable bonds is 5. The Labute approximate surface area is 136 Å². The predicted molar refractivity (Wildman–Crippen MR) is 87.5 cm³/mol. The SMILES string of the molecule is Cc1cc(Br)ccc1NC(=O)CO/N=C\c1cccc(F)c1. The summed E-state index contributed by atoms with van der Waals surface area (Å²) in [7, 11) is 0. The van der Waals surface area contributed by atoms with Crippen LogP contribution in [0.1, 0.15) is 11.1 Å². The lowest BCUT2D eigenvalue weighted by Crippen LogP contribution is -2.17. The summed E-state index contributed by atoms with van der Waals surface area (Å²) in [5.41, 5.74) is 2.21. The molecule has 0 fully saturated rings. The molecule has 0 spiro atoms. The molecule has 0 aromatic heterocycles. The van der Waals surface area contributed by atoms with Crippen molar-refractivity contribution in [1.29, 1.82) is 0 Å². The van der Waals surface area contributed by atoms with Crippen molar-refractivity contribution in [1.82, 2.24) is 0 Å². The average Bonchev–Trinajstić information content (AvgIpc) is 2.47. The molecule has 0 aliphatic heterocycles. The number of carbonyl (C=O) groups is 1. The Kier molecular flexibility index (Phi) is 5.66. The Morgan fingerprint density at radius 3 is 2.91 bits per heavy atom. The average molecular weight is 365 g/mol. The van der Waals surface area contributed by atoms with Crippen LogP contribution in [-0.4, -0.2) is 18.7 Å². The summed E-state index contributed by atoms with van der Waals surface area (Å²) >= 11 is 3.36. The van der Waals surface area contributed by atoms with Gasteiger partial charge in [0.1, 0.15) is 5.82 Å². The topological polar surface area (TPSA) is 50.7 Å². The van der Waals surface area contributed by atoms with Gasteiger partial charge >= 0.3 is 0 Å². The summed E-state index contributed by atoms with van der Waals surface area (Å²) in [5, 5.41) is 6.37. The third-order valence-electron chi connectivity index (χ3n) is 2.78. The van der Waals surface area contributed by atoms with Crippen molar-refractivity contribution >= 4 is 33.7 Å². The molecule has 0 heterocycles. The monoisotopic (exact) mass is 364 g/mol. The molecule has 0 bridgehead atoms. The highest BCUT2D eigenvalue weighted by molar-refractivity contribution is 9.10. The van der Waals surface area contributed by atoms with E-state index < -0.39 is 0 Å². The lowest BCUT2D eigenvalue weighted by molar-refractivity contribution is -0.120. The van der Waals surface area contributed by atoms with E-state index >= 15 is 0 Å². The van der Waals surface area contributed by atoms with Gasteiger partial charge < -0.3 is 10.2 Å². The predicted octanol–water partition coefficient (Wildman–Crippen LogP) is 3.89. The van der Waals surface area contributed by atoms with Gasteiger partial charge in [-0.1, -0.05) is 33.2 Å². The van der Waals surface area contributed by atoms with Gasteiger partial charge in [0.15, 0.2) is 6.61 Å².